The van der Waals surface area contributed by atoms with E-state index in [1.165, 1.54) is 20.5 Å². The van der Waals surface area contributed by atoms with Gasteiger partial charge in [0, 0.05) is 20.1 Å². The largest absolute Gasteiger partial charge is 0.383 e. The highest BCUT2D eigenvalue weighted by molar-refractivity contribution is 7.17. The monoisotopic (exact) mass is 486 g/mol. The van der Waals surface area contributed by atoms with Crippen LogP contribution in [-0.4, -0.2) is 35.3 Å². The number of nitrogens with zero attached hydrogens (tertiary/aromatic N) is 6. The minimum Gasteiger partial charge on any atom is -0.383 e. The van der Waals surface area contributed by atoms with Gasteiger partial charge in [-0.25, -0.2) is 4.79 Å². The maximum atomic E-state index is 13.0. The molecular weight excluding hydrogens is 456 g/mol. The molecule has 4 heterocycles. The van der Waals surface area contributed by atoms with E-state index in [0.29, 0.717) is 35.3 Å². The summed E-state index contributed by atoms with van der Waals surface area (Å²) < 4.78 is 5.34. The van der Waals surface area contributed by atoms with Crippen LogP contribution in [0.15, 0.2) is 25.8 Å². The molecule has 0 saturated carbocycles. The van der Waals surface area contributed by atoms with Gasteiger partial charge in [-0.15, -0.1) is 21.5 Å². The number of fused-ring (bicyclic) bond motifs is 3. The summed E-state index contributed by atoms with van der Waals surface area (Å²) >= 11 is 1.36. The van der Waals surface area contributed by atoms with Gasteiger partial charge in [0.15, 0.2) is 5.82 Å². The molecule has 4 aromatic rings. The summed E-state index contributed by atoms with van der Waals surface area (Å²) in [6, 6.07) is 1.87. The molecule has 0 unspecified atom stereocenters. The van der Waals surface area contributed by atoms with Crippen LogP contribution in [0.3, 0.4) is 0 Å². The highest BCUT2D eigenvalue weighted by Crippen LogP contribution is 2.23. The van der Waals surface area contributed by atoms with Crippen molar-refractivity contribution in [3.63, 3.8) is 0 Å². The standard InChI is InChI=1S/C22H30N8O3S/c1-5-6-9-29-18(23)16(19(31)24-22(29)33)28(10-7-13(2)3)12-15-25-26-21-27(4)20(32)17-14(30(15)21)8-11-34-17/h8,11,13H,5-7,9-10,12,23H2,1-4H3,(H,24,31,33). The number of aryl methyl sites for hydroxylation is 1. The van der Waals surface area contributed by atoms with E-state index in [9.17, 15) is 14.4 Å². The van der Waals surface area contributed by atoms with Crippen LogP contribution in [0.5, 0.6) is 0 Å². The second-order valence-electron chi connectivity index (χ2n) is 8.85. The van der Waals surface area contributed by atoms with Gasteiger partial charge in [0.05, 0.1) is 12.1 Å². The summed E-state index contributed by atoms with van der Waals surface area (Å²) in [5, 5.41) is 10.5. The zero-order valence-electron chi connectivity index (χ0n) is 19.9. The average Bonchev–Trinajstić information content (AvgIpc) is 3.42. The van der Waals surface area contributed by atoms with Crippen molar-refractivity contribution in [1.82, 2.24) is 28.7 Å². The Kier molecular flexibility index (Phi) is 6.60. The van der Waals surface area contributed by atoms with E-state index in [0.717, 1.165) is 24.8 Å². The summed E-state index contributed by atoms with van der Waals surface area (Å²) in [7, 11) is 1.66. The first-order valence-corrected chi connectivity index (χ1v) is 12.3. The first-order valence-electron chi connectivity index (χ1n) is 11.4. The number of hydrogen-bond donors (Lipinski definition) is 2. The summed E-state index contributed by atoms with van der Waals surface area (Å²) in [6.45, 7) is 7.42. The van der Waals surface area contributed by atoms with E-state index in [4.69, 9.17) is 5.73 Å². The van der Waals surface area contributed by atoms with E-state index >= 15 is 0 Å². The van der Waals surface area contributed by atoms with Gasteiger partial charge < -0.3 is 10.6 Å². The summed E-state index contributed by atoms with van der Waals surface area (Å²) in [5.41, 5.74) is 6.22. The third kappa shape index (κ3) is 4.13. The van der Waals surface area contributed by atoms with Crippen molar-refractivity contribution >= 4 is 38.8 Å². The van der Waals surface area contributed by atoms with Crippen LogP contribution >= 0.6 is 11.3 Å². The molecule has 12 heteroatoms. The number of nitrogens with one attached hydrogen (secondary N) is 1. The predicted molar refractivity (Wildman–Crippen MR) is 135 cm³/mol. The Hall–Kier alpha value is -3.41. The van der Waals surface area contributed by atoms with Crippen molar-refractivity contribution in [3.8, 4) is 0 Å². The second-order valence-corrected chi connectivity index (χ2v) is 9.77. The molecule has 0 fully saturated rings. The van der Waals surface area contributed by atoms with Crippen molar-refractivity contribution in [3.05, 3.63) is 48.5 Å². The Morgan fingerprint density at radius 3 is 2.71 bits per heavy atom. The molecule has 0 aliphatic rings. The van der Waals surface area contributed by atoms with Gasteiger partial charge in [-0.2, -0.15) is 0 Å². The Balaban J connectivity index is 1.86. The maximum Gasteiger partial charge on any atom is 0.330 e. The highest BCUT2D eigenvalue weighted by atomic mass is 32.1. The zero-order chi connectivity index (χ0) is 24.6. The lowest BCUT2D eigenvalue weighted by Gasteiger charge is -2.26. The van der Waals surface area contributed by atoms with Gasteiger partial charge in [-0.3, -0.25) is 28.1 Å². The minimum atomic E-state index is -0.527. The fourth-order valence-electron chi connectivity index (χ4n) is 4.03. The van der Waals surface area contributed by atoms with Crippen LogP contribution in [0.1, 0.15) is 45.9 Å². The highest BCUT2D eigenvalue weighted by Gasteiger charge is 2.23. The lowest BCUT2D eigenvalue weighted by molar-refractivity contribution is 0.561. The van der Waals surface area contributed by atoms with Gasteiger partial charge in [0.2, 0.25) is 5.78 Å². The van der Waals surface area contributed by atoms with Gasteiger partial charge in [-0.1, -0.05) is 27.2 Å². The molecule has 34 heavy (non-hydrogen) atoms. The van der Waals surface area contributed by atoms with E-state index < -0.39 is 11.2 Å². The second kappa shape index (κ2) is 9.45. The Morgan fingerprint density at radius 2 is 2.00 bits per heavy atom. The van der Waals surface area contributed by atoms with Crippen molar-refractivity contribution in [2.75, 3.05) is 17.2 Å². The lowest BCUT2D eigenvalue weighted by Crippen LogP contribution is -2.39. The molecule has 3 N–H and O–H groups in total. The van der Waals surface area contributed by atoms with Gasteiger partial charge in [-0.05, 0) is 30.2 Å². The Labute approximate surface area is 199 Å². The fourth-order valence-corrected chi connectivity index (χ4v) is 4.88. The van der Waals surface area contributed by atoms with Crippen LogP contribution in [0.4, 0.5) is 11.5 Å². The number of aromatic amines is 1. The molecule has 0 spiro atoms. The molecule has 4 rings (SSSR count). The molecule has 0 aliphatic heterocycles. The number of nitrogens with two attached hydrogens (primary N) is 1. The number of unbranched alkanes of at least 4 members (excludes halogenated alkanes) is 1. The molecule has 0 aliphatic carbocycles. The van der Waals surface area contributed by atoms with Crippen LogP contribution < -0.4 is 27.4 Å². The summed E-state index contributed by atoms with van der Waals surface area (Å²) in [4.78, 5) is 42.3. The molecule has 0 amide bonds. The molecule has 0 saturated heterocycles. The predicted octanol–water partition coefficient (Wildman–Crippen LogP) is 1.93. The van der Waals surface area contributed by atoms with Crippen LogP contribution in [-0.2, 0) is 20.1 Å². The Morgan fingerprint density at radius 1 is 1.24 bits per heavy atom. The number of hydrogen-bond acceptors (Lipinski definition) is 8. The molecule has 182 valence electrons. The smallest absolute Gasteiger partial charge is 0.330 e. The van der Waals surface area contributed by atoms with E-state index in [2.05, 4.69) is 29.0 Å². The number of anilines is 2. The fraction of sp³-hybridized carbons (Fsp3) is 0.500. The van der Waals surface area contributed by atoms with E-state index in [1.807, 2.05) is 27.7 Å². The Bertz CT molecular complexity index is 1510. The lowest BCUT2D eigenvalue weighted by atomic mass is 10.1. The summed E-state index contributed by atoms with van der Waals surface area (Å²) in [6.07, 6.45) is 2.45. The van der Waals surface area contributed by atoms with Gasteiger partial charge >= 0.3 is 5.69 Å². The first kappa shape index (κ1) is 23.7. The number of nitrogen functional groups attached to an aromatic ring is 1. The molecule has 0 radical (unpaired) electrons. The average molecular weight is 487 g/mol. The SMILES string of the molecule is CCCCn1c(N)c(N(CCC(C)C)Cc2nnc3n(C)c(=O)c4sccc4n23)c(=O)[nH]c1=O. The van der Waals surface area contributed by atoms with Crippen LogP contribution in [0, 0.1) is 5.92 Å². The third-order valence-corrected chi connectivity index (χ3v) is 6.86. The first-order chi connectivity index (χ1) is 16.2. The van der Waals surface area contributed by atoms with Gasteiger partial charge in [0.25, 0.3) is 11.1 Å². The van der Waals surface area contributed by atoms with Crippen molar-refractivity contribution in [2.24, 2.45) is 13.0 Å². The molecule has 11 nitrogen and oxygen atoms in total. The molecule has 4 aromatic heterocycles. The minimum absolute atomic E-state index is 0.128. The molecule has 0 atom stereocenters. The molecular formula is C22H30N8O3S. The number of H-pyrrole nitrogens is 1. The van der Waals surface area contributed by atoms with Crippen molar-refractivity contribution in [2.45, 2.75) is 53.1 Å². The van der Waals surface area contributed by atoms with Crippen molar-refractivity contribution in [1.29, 1.82) is 0 Å². The van der Waals surface area contributed by atoms with Gasteiger partial charge in [0.1, 0.15) is 16.2 Å². The third-order valence-electron chi connectivity index (χ3n) is 5.97. The number of thiophene rings is 1. The van der Waals surface area contributed by atoms with Crippen molar-refractivity contribution < 1.29 is 0 Å². The van der Waals surface area contributed by atoms with E-state index in [1.54, 1.807) is 7.05 Å². The van der Waals surface area contributed by atoms with E-state index in [-0.39, 0.29) is 23.6 Å². The number of aromatic nitrogens is 6. The van der Waals surface area contributed by atoms with Crippen LogP contribution in [0.25, 0.3) is 16.0 Å². The van der Waals surface area contributed by atoms with Crippen LogP contribution in [0.2, 0.25) is 0 Å². The maximum absolute atomic E-state index is 13.0. The molecule has 0 bridgehead atoms. The normalized spacial score (nSPS) is 11.8. The zero-order valence-corrected chi connectivity index (χ0v) is 20.7. The summed E-state index contributed by atoms with van der Waals surface area (Å²) in [5.74, 6) is 1.52. The molecule has 0 aromatic carbocycles. The quantitative estimate of drug-likeness (QED) is 0.369. The topological polar surface area (TPSA) is 136 Å². The number of rotatable bonds is 9.